The van der Waals surface area contributed by atoms with Crippen LogP contribution in [0, 0.1) is 0 Å². The molecular formula is C12H15F3N2O2S. The number of nitrogens with two attached hydrogens (primary N) is 1. The average molecular weight is 308 g/mol. The van der Waals surface area contributed by atoms with Gasteiger partial charge in [-0.3, -0.25) is 4.79 Å². The van der Waals surface area contributed by atoms with Gasteiger partial charge in [0.25, 0.3) is 0 Å². The van der Waals surface area contributed by atoms with E-state index in [1.807, 2.05) is 0 Å². The third-order valence-electron chi connectivity index (χ3n) is 2.34. The highest BCUT2D eigenvalue weighted by Crippen LogP contribution is 2.40. The zero-order valence-corrected chi connectivity index (χ0v) is 11.6. The van der Waals surface area contributed by atoms with Crippen LogP contribution in [0.25, 0.3) is 0 Å². The maximum Gasteiger partial charge on any atom is 0.446 e. The predicted octanol–water partition coefficient (Wildman–Crippen LogP) is 2.60. The van der Waals surface area contributed by atoms with Crippen LogP contribution in [0.3, 0.4) is 0 Å². The molecule has 112 valence electrons. The van der Waals surface area contributed by atoms with Crippen LogP contribution in [0.1, 0.15) is 6.42 Å². The summed E-state index contributed by atoms with van der Waals surface area (Å²) in [6.45, 7) is 0.299. The molecule has 1 unspecified atom stereocenters. The van der Waals surface area contributed by atoms with Crippen LogP contribution >= 0.6 is 11.8 Å². The van der Waals surface area contributed by atoms with Gasteiger partial charge in [-0.05, 0) is 30.3 Å². The molecule has 0 aromatic heterocycles. The van der Waals surface area contributed by atoms with Crippen molar-refractivity contribution in [3.8, 4) is 0 Å². The van der Waals surface area contributed by atoms with Crippen molar-refractivity contribution in [2.24, 2.45) is 5.73 Å². The van der Waals surface area contributed by atoms with Crippen LogP contribution < -0.4 is 11.1 Å². The van der Waals surface area contributed by atoms with Crippen LogP contribution in [0.4, 0.5) is 18.9 Å². The number of halogens is 3. The van der Waals surface area contributed by atoms with Gasteiger partial charge in [0.15, 0.2) is 0 Å². The third-order valence-corrected chi connectivity index (χ3v) is 3.15. The molecule has 0 spiro atoms. The van der Waals surface area contributed by atoms with E-state index in [0.717, 1.165) is 0 Å². The van der Waals surface area contributed by atoms with Gasteiger partial charge >= 0.3 is 5.51 Å². The Kier molecular flexibility index (Phi) is 6.31. The number of carbonyl (C=O) groups excluding carboxylic acids is 1. The van der Waals surface area contributed by atoms with E-state index in [-0.39, 0.29) is 28.8 Å². The first-order valence-electron chi connectivity index (χ1n) is 5.73. The molecular weight excluding hydrogens is 293 g/mol. The normalized spacial score (nSPS) is 13.1. The highest BCUT2D eigenvalue weighted by atomic mass is 32.2. The molecule has 1 aromatic rings. The number of para-hydroxylation sites is 1. The number of rotatable bonds is 6. The highest BCUT2D eigenvalue weighted by Gasteiger charge is 2.30. The van der Waals surface area contributed by atoms with E-state index >= 15 is 0 Å². The summed E-state index contributed by atoms with van der Waals surface area (Å²) in [5, 5.41) is 2.40. The predicted molar refractivity (Wildman–Crippen MR) is 71.5 cm³/mol. The zero-order valence-electron chi connectivity index (χ0n) is 10.7. The summed E-state index contributed by atoms with van der Waals surface area (Å²) in [7, 11) is 1.47. The molecule has 0 fully saturated rings. The maximum absolute atomic E-state index is 12.4. The number of hydrogen-bond donors (Lipinski definition) is 2. The first kappa shape index (κ1) is 16.8. The quantitative estimate of drug-likeness (QED) is 0.793. The largest absolute Gasteiger partial charge is 0.446 e. The van der Waals surface area contributed by atoms with Crippen molar-refractivity contribution in [3.05, 3.63) is 24.3 Å². The second-order valence-corrected chi connectivity index (χ2v) is 5.03. The summed E-state index contributed by atoms with van der Waals surface area (Å²) >= 11 is -0.281. The first-order chi connectivity index (χ1) is 9.33. The summed E-state index contributed by atoms with van der Waals surface area (Å²) < 4.78 is 42.0. The van der Waals surface area contributed by atoms with E-state index in [0.29, 0.717) is 6.61 Å². The van der Waals surface area contributed by atoms with E-state index in [9.17, 15) is 18.0 Å². The first-order valence-corrected chi connectivity index (χ1v) is 6.55. The lowest BCUT2D eigenvalue weighted by Gasteiger charge is -2.15. The van der Waals surface area contributed by atoms with E-state index < -0.39 is 17.5 Å². The van der Waals surface area contributed by atoms with Gasteiger partial charge in [0.1, 0.15) is 0 Å². The van der Waals surface area contributed by atoms with Gasteiger partial charge in [-0.2, -0.15) is 13.2 Å². The Morgan fingerprint density at radius 1 is 1.45 bits per heavy atom. The maximum atomic E-state index is 12.4. The van der Waals surface area contributed by atoms with Gasteiger partial charge in [0.05, 0.1) is 11.7 Å². The number of nitrogens with one attached hydrogen (secondary N) is 1. The van der Waals surface area contributed by atoms with Crippen molar-refractivity contribution < 1.29 is 22.7 Å². The van der Waals surface area contributed by atoms with Gasteiger partial charge < -0.3 is 15.8 Å². The Labute approximate surface area is 118 Å². The fraction of sp³-hybridized carbons (Fsp3) is 0.417. The molecule has 8 heteroatoms. The molecule has 1 rings (SSSR count). The molecule has 0 aliphatic carbocycles. The Bertz CT molecular complexity index is 455. The number of thioether (sulfide) groups is 1. The Hall–Kier alpha value is -1.25. The van der Waals surface area contributed by atoms with E-state index in [1.165, 1.54) is 31.4 Å². The number of carbonyl (C=O) groups is 1. The van der Waals surface area contributed by atoms with Gasteiger partial charge in [0.2, 0.25) is 5.91 Å². The lowest BCUT2D eigenvalue weighted by molar-refractivity contribution is -0.117. The number of alkyl halides is 3. The molecule has 0 saturated carbocycles. The fourth-order valence-corrected chi connectivity index (χ4v) is 2.01. The van der Waals surface area contributed by atoms with E-state index in [2.05, 4.69) is 5.32 Å². The Balaban J connectivity index is 2.74. The lowest BCUT2D eigenvalue weighted by atomic mass is 10.2. The molecule has 1 aromatic carbocycles. The number of hydrogen-bond acceptors (Lipinski definition) is 4. The van der Waals surface area contributed by atoms with Gasteiger partial charge in [0, 0.05) is 18.6 Å². The molecule has 1 atom stereocenters. The molecule has 0 bridgehead atoms. The number of methoxy groups -OCH3 is 1. The minimum atomic E-state index is -4.42. The summed E-state index contributed by atoms with van der Waals surface area (Å²) in [4.78, 5) is 11.7. The molecule has 0 heterocycles. The number of benzene rings is 1. The van der Waals surface area contributed by atoms with Crippen LogP contribution in [0.5, 0.6) is 0 Å². The molecule has 4 nitrogen and oxygen atoms in total. The van der Waals surface area contributed by atoms with Crippen molar-refractivity contribution in [3.63, 3.8) is 0 Å². The van der Waals surface area contributed by atoms with E-state index in [1.54, 1.807) is 0 Å². The highest BCUT2D eigenvalue weighted by molar-refractivity contribution is 8.00. The summed E-state index contributed by atoms with van der Waals surface area (Å²) in [5.41, 5.74) is 1.28. The molecule has 0 aliphatic rings. The SMILES string of the molecule is COCCC(N)C(=O)Nc1ccccc1SC(F)(F)F. The smallest absolute Gasteiger partial charge is 0.385 e. The zero-order chi connectivity index (χ0) is 15.2. The van der Waals surface area contributed by atoms with Crippen molar-refractivity contribution in [1.82, 2.24) is 0 Å². The second kappa shape index (κ2) is 7.51. The summed E-state index contributed by atoms with van der Waals surface area (Å²) in [5.74, 6) is -0.544. The minimum absolute atomic E-state index is 0.0766. The van der Waals surface area contributed by atoms with Gasteiger partial charge in [-0.1, -0.05) is 12.1 Å². The summed E-state index contributed by atoms with van der Waals surface area (Å²) in [6.07, 6.45) is 0.289. The lowest BCUT2D eigenvalue weighted by Crippen LogP contribution is -2.36. The average Bonchev–Trinajstić information content (AvgIpc) is 2.36. The van der Waals surface area contributed by atoms with Crippen molar-refractivity contribution in [2.45, 2.75) is 22.9 Å². The Morgan fingerprint density at radius 2 is 2.10 bits per heavy atom. The number of anilines is 1. The van der Waals surface area contributed by atoms with Crippen molar-refractivity contribution in [2.75, 3.05) is 19.0 Å². The second-order valence-electron chi connectivity index (χ2n) is 3.92. The van der Waals surface area contributed by atoms with E-state index in [4.69, 9.17) is 10.5 Å². The van der Waals surface area contributed by atoms with Crippen LogP contribution in [0.15, 0.2) is 29.2 Å². The monoisotopic (exact) mass is 308 g/mol. The number of amides is 1. The molecule has 0 aliphatic heterocycles. The van der Waals surface area contributed by atoms with Crippen molar-refractivity contribution >= 4 is 23.4 Å². The minimum Gasteiger partial charge on any atom is -0.385 e. The molecule has 3 N–H and O–H groups in total. The third kappa shape index (κ3) is 5.81. The van der Waals surface area contributed by atoms with Crippen LogP contribution in [-0.4, -0.2) is 31.2 Å². The number of ether oxygens (including phenoxy) is 1. The van der Waals surface area contributed by atoms with Crippen LogP contribution in [0.2, 0.25) is 0 Å². The summed E-state index contributed by atoms with van der Waals surface area (Å²) in [6, 6.07) is 4.85. The molecule has 1 amide bonds. The van der Waals surface area contributed by atoms with Crippen molar-refractivity contribution in [1.29, 1.82) is 0 Å². The molecule has 0 radical (unpaired) electrons. The molecule has 0 saturated heterocycles. The standard InChI is InChI=1S/C12H15F3N2O2S/c1-19-7-6-8(16)11(18)17-9-4-2-3-5-10(9)20-12(13,14)15/h2-5,8H,6-7,16H2,1H3,(H,17,18). The van der Waals surface area contributed by atoms with Gasteiger partial charge in [-0.25, -0.2) is 0 Å². The van der Waals surface area contributed by atoms with Crippen LogP contribution in [-0.2, 0) is 9.53 Å². The van der Waals surface area contributed by atoms with Gasteiger partial charge in [-0.15, -0.1) is 0 Å². The topological polar surface area (TPSA) is 64.3 Å². The Morgan fingerprint density at radius 3 is 2.70 bits per heavy atom. The fourth-order valence-electron chi connectivity index (χ4n) is 1.38. The molecule has 20 heavy (non-hydrogen) atoms.